The lowest BCUT2D eigenvalue weighted by molar-refractivity contribution is -0.199. The lowest BCUT2D eigenvalue weighted by atomic mass is 9.81. The molecule has 1 unspecified atom stereocenters. The number of amides is 1. The highest BCUT2D eigenvalue weighted by Gasteiger charge is 2.56. The van der Waals surface area contributed by atoms with Gasteiger partial charge in [0.25, 0.3) is 0 Å². The van der Waals surface area contributed by atoms with E-state index in [0.29, 0.717) is 12.1 Å². The minimum Gasteiger partial charge on any atom is -0.378 e. The Morgan fingerprint density at radius 2 is 1.82 bits per heavy atom. The molecule has 0 bridgehead atoms. The number of ether oxygens (including phenoxy) is 2. The van der Waals surface area contributed by atoms with Gasteiger partial charge >= 0.3 is 0 Å². The van der Waals surface area contributed by atoms with Gasteiger partial charge in [0.15, 0.2) is 0 Å². The van der Waals surface area contributed by atoms with Crippen LogP contribution in [-0.2, 0) is 14.3 Å². The molecule has 4 rings (SSSR count). The Labute approximate surface area is 132 Å². The Morgan fingerprint density at radius 3 is 2.45 bits per heavy atom. The van der Waals surface area contributed by atoms with Gasteiger partial charge in [-0.1, -0.05) is 13.8 Å². The van der Waals surface area contributed by atoms with Gasteiger partial charge in [-0.25, -0.2) is 0 Å². The molecule has 0 aromatic heterocycles. The molecule has 22 heavy (non-hydrogen) atoms. The Hall–Kier alpha value is -0.690. The van der Waals surface area contributed by atoms with E-state index in [1.54, 1.807) is 0 Å². The molecule has 6 heteroatoms. The van der Waals surface area contributed by atoms with Crippen molar-refractivity contribution in [2.75, 3.05) is 59.2 Å². The number of morpholine rings is 1. The molecule has 0 N–H and O–H groups in total. The molecule has 0 radical (unpaired) electrons. The SMILES string of the molecule is CC(C)C(=O)N1CC2COCCN2C2(C1)CN(C1COC1)C2. The zero-order chi connectivity index (χ0) is 15.3. The van der Waals surface area contributed by atoms with Crippen molar-refractivity contribution in [1.82, 2.24) is 14.7 Å². The van der Waals surface area contributed by atoms with Crippen LogP contribution in [0.25, 0.3) is 0 Å². The number of nitrogens with zero attached hydrogens (tertiary/aromatic N) is 3. The molecule has 0 aromatic rings. The molecule has 0 aliphatic carbocycles. The molecule has 1 spiro atoms. The second kappa shape index (κ2) is 5.44. The van der Waals surface area contributed by atoms with Crippen molar-refractivity contribution in [3.63, 3.8) is 0 Å². The van der Waals surface area contributed by atoms with Crippen LogP contribution >= 0.6 is 0 Å². The van der Waals surface area contributed by atoms with Crippen LogP contribution in [0.2, 0.25) is 0 Å². The van der Waals surface area contributed by atoms with E-state index >= 15 is 0 Å². The lowest BCUT2D eigenvalue weighted by Gasteiger charge is -2.65. The van der Waals surface area contributed by atoms with Crippen molar-refractivity contribution in [1.29, 1.82) is 0 Å². The summed E-state index contributed by atoms with van der Waals surface area (Å²) >= 11 is 0. The van der Waals surface area contributed by atoms with Crippen molar-refractivity contribution in [3.8, 4) is 0 Å². The Kier molecular flexibility index (Phi) is 3.68. The number of hydrogen-bond donors (Lipinski definition) is 0. The van der Waals surface area contributed by atoms with Gasteiger partial charge in [0, 0.05) is 38.6 Å². The Balaban J connectivity index is 1.51. The van der Waals surface area contributed by atoms with Gasteiger partial charge in [-0.3, -0.25) is 14.6 Å². The zero-order valence-corrected chi connectivity index (χ0v) is 13.7. The monoisotopic (exact) mass is 309 g/mol. The largest absolute Gasteiger partial charge is 0.378 e. The van der Waals surface area contributed by atoms with Crippen LogP contribution in [0.3, 0.4) is 0 Å². The first kappa shape index (κ1) is 14.9. The van der Waals surface area contributed by atoms with E-state index in [4.69, 9.17) is 9.47 Å². The number of piperazine rings is 1. The molecule has 0 saturated carbocycles. The van der Waals surface area contributed by atoms with E-state index < -0.39 is 0 Å². The topological polar surface area (TPSA) is 45.2 Å². The summed E-state index contributed by atoms with van der Waals surface area (Å²) in [6, 6.07) is 0.964. The highest BCUT2D eigenvalue weighted by molar-refractivity contribution is 5.78. The predicted octanol–water partition coefficient (Wildman–Crippen LogP) is -0.361. The number of fused-ring (bicyclic) bond motifs is 2. The quantitative estimate of drug-likeness (QED) is 0.697. The predicted molar refractivity (Wildman–Crippen MR) is 81.6 cm³/mol. The van der Waals surface area contributed by atoms with Gasteiger partial charge < -0.3 is 14.4 Å². The molecule has 1 atom stereocenters. The summed E-state index contributed by atoms with van der Waals surface area (Å²) in [5, 5.41) is 0. The maximum absolute atomic E-state index is 12.5. The standard InChI is InChI=1S/C16H27N3O3/c1-12(2)15(20)17-5-13-6-21-4-3-19(13)16(9-17)10-18(11-16)14-7-22-8-14/h12-14H,3-11H2,1-2H3. The summed E-state index contributed by atoms with van der Waals surface area (Å²) in [4.78, 5) is 19.8. The summed E-state index contributed by atoms with van der Waals surface area (Å²) in [6.07, 6.45) is 0. The fourth-order valence-corrected chi connectivity index (χ4v) is 4.41. The average molecular weight is 309 g/mol. The number of carbonyl (C=O) groups is 1. The molecule has 6 nitrogen and oxygen atoms in total. The van der Waals surface area contributed by atoms with E-state index in [2.05, 4.69) is 14.7 Å². The van der Waals surface area contributed by atoms with Crippen LogP contribution in [0.15, 0.2) is 0 Å². The molecular weight excluding hydrogens is 282 g/mol. The lowest BCUT2D eigenvalue weighted by Crippen LogP contribution is -2.82. The van der Waals surface area contributed by atoms with Gasteiger partial charge in [0.2, 0.25) is 5.91 Å². The van der Waals surface area contributed by atoms with E-state index in [9.17, 15) is 4.79 Å². The molecule has 4 aliphatic rings. The summed E-state index contributed by atoms with van der Waals surface area (Å²) in [5.74, 6) is 0.361. The van der Waals surface area contributed by atoms with Crippen molar-refractivity contribution in [2.45, 2.75) is 31.5 Å². The maximum atomic E-state index is 12.5. The van der Waals surface area contributed by atoms with E-state index in [0.717, 1.165) is 59.2 Å². The van der Waals surface area contributed by atoms with E-state index in [-0.39, 0.29) is 17.4 Å². The van der Waals surface area contributed by atoms with Crippen LogP contribution < -0.4 is 0 Å². The summed E-state index contributed by atoms with van der Waals surface area (Å²) in [5.41, 5.74) is 0.146. The smallest absolute Gasteiger partial charge is 0.225 e. The van der Waals surface area contributed by atoms with Crippen molar-refractivity contribution < 1.29 is 14.3 Å². The third-order valence-corrected chi connectivity index (χ3v) is 5.69. The second-order valence-electron chi connectivity index (χ2n) is 7.62. The van der Waals surface area contributed by atoms with Crippen LogP contribution in [0.4, 0.5) is 0 Å². The van der Waals surface area contributed by atoms with Crippen LogP contribution in [0.1, 0.15) is 13.8 Å². The fraction of sp³-hybridized carbons (Fsp3) is 0.938. The van der Waals surface area contributed by atoms with Gasteiger partial charge in [0.05, 0.1) is 44.1 Å². The highest BCUT2D eigenvalue weighted by Crippen LogP contribution is 2.37. The summed E-state index contributed by atoms with van der Waals surface area (Å²) in [7, 11) is 0. The second-order valence-corrected chi connectivity index (χ2v) is 7.62. The zero-order valence-electron chi connectivity index (χ0n) is 13.7. The van der Waals surface area contributed by atoms with E-state index in [1.165, 1.54) is 0 Å². The first-order valence-electron chi connectivity index (χ1n) is 8.54. The summed E-state index contributed by atoms with van der Waals surface area (Å²) < 4.78 is 11.0. The van der Waals surface area contributed by atoms with Gasteiger partial charge in [-0.15, -0.1) is 0 Å². The fourth-order valence-electron chi connectivity index (χ4n) is 4.41. The molecule has 4 saturated heterocycles. The molecule has 4 heterocycles. The molecular formula is C16H27N3O3. The highest BCUT2D eigenvalue weighted by atomic mass is 16.5. The number of hydrogen-bond acceptors (Lipinski definition) is 5. The van der Waals surface area contributed by atoms with Crippen molar-refractivity contribution in [2.24, 2.45) is 5.92 Å². The first-order chi connectivity index (χ1) is 10.6. The van der Waals surface area contributed by atoms with E-state index in [1.807, 2.05) is 13.8 Å². The Bertz CT molecular complexity index is 446. The Morgan fingerprint density at radius 1 is 1.09 bits per heavy atom. The van der Waals surface area contributed by atoms with Crippen molar-refractivity contribution in [3.05, 3.63) is 0 Å². The normalized spacial score (nSPS) is 32.7. The van der Waals surface area contributed by atoms with Gasteiger partial charge in [-0.2, -0.15) is 0 Å². The third kappa shape index (κ3) is 2.28. The molecule has 124 valence electrons. The number of carbonyl (C=O) groups excluding carboxylic acids is 1. The number of likely N-dealkylation sites (tertiary alicyclic amines) is 1. The van der Waals surface area contributed by atoms with Gasteiger partial charge in [-0.05, 0) is 0 Å². The average Bonchev–Trinajstić information content (AvgIpc) is 2.42. The minimum absolute atomic E-state index is 0.0734. The summed E-state index contributed by atoms with van der Waals surface area (Å²) in [6.45, 7) is 12.2. The minimum atomic E-state index is 0.0734. The molecule has 0 aromatic carbocycles. The van der Waals surface area contributed by atoms with Crippen LogP contribution in [0, 0.1) is 5.92 Å². The van der Waals surface area contributed by atoms with Gasteiger partial charge in [0.1, 0.15) is 0 Å². The molecule has 1 amide bonds. The number of rotatable bonds is 2. The van der Waals surface area contributed by atoms with Crippen molar-refractivity contribution >= 4 is 5.91 Å². The van der Waals surface area contributed by atoms with Crippen LogP contribution in [0.5, 0.6) is 0 Å². The maximum Gasteiger partial charge on any atom is 0.225 e. The third-order valence-electron chi connectivity index (χ3n) is 5.69. The molecule has 4 aliphatic heterocycles. The van der Waals surface area contributed by atoms with Crippen LogP contribution in [-0.4, -0.2) is 97.4 Å². The molecule has 4 fully saturated rings. The first-order valence-corrected chi connectivity index (χ1v) is 8.54.